The molecule has 0 saturated heterocycles. The molecule has 0 saturated carbocycles. The molecular weight excluding hydrogens is 256 g/mol. The second kappa shape index (κ2) is 5.03. The summed E-state index contributed by atoms with van der Waals surface area (Å²) in [6.07, 6.45) is 6.90. The summed E-state index contributed by atoms with van der Waals surface area (Å²) in [5.74, 6) is 0.810. The van der Waals surface area contributed by atoms with Gasteiger partial charge in [0.05, 0.1) is 6.26 Å². The molecule has 1 heterocycles. The predicted molar refractivity (Wildman–Crippen MR) is 62.9 cm³/mol. The summed E-state index contributed by atoms with van der Waals surface area (Å²) in [4.78, 5) is 0. The molecule has 0 aliphatic carbocycles. The third-order valence-electron chi connectivity index (χ3n) is 2.00. The van der Waals surface area contributed by atoms with Crippen LogP contribution in [0.1, 0.15) is 5.56 Å². The molecule has 0 amide bonds. The van der Waals surface area contributed by atoms with E-state index in [0.29, 0.717) is 0 Å². The van der Waals surface area contributed by atoms with Crippen LogP contribution < -0.4 is 4.74 Å². The summed E-state index contributed by atoms with van der Waals surface area (Å²) in [6, 6.07) is 7.91. The van der Waals surface area contributed by atoms with Gasteiger partial charge in [0.25, 0.3) is 6.29 Å². The summed E-state index contributed by atoms with van der Waals surface area (Å²) in [6.45, 7) is 0. The van der Waals surface area contributed by atoms with Crippen LogP contribution in [0, 0.1) is 0 Å². The average Bonchev–Trinajstić information content (AvgIpc) is 2.31. The maximum atomic E-state index is 5.58. The van der Waals surface area contributed by atoms with E-state index in [1.165, 1.54) is 5.56 Å². The minimum atomic E-state index is -0.315. The van der Waals surface area contributed by atoms with Gasteiger partial charge in [-0.15, -0.1) is 0 Å². The lowest BCUT2D eigenvalue weighted by atomic mass is 10.2. The van der Waals surface area contributed by atoms with Crippen molar-refractivity contribution in [1.29, 1.82) is 0 Å². The van der Waals surface area contributed by atoms with Crippen molar-refractivity contribution in [2.45, 2.75) is 11.6 Å². The molecule has 0 bridgehead atoms. The Morgan fingerprint density at radius 1 is 1.20 bits per heavy atom. The molecule has 1 unspecified atom stereocenters. The van der Waals surface area contributed by atoms with Crippen LogP contribution in [0.15, 0.2) is 48.8 Å². The Bertz CT molecular complexity index is 368. The van der Waals surface area contributed by atoms with Gasteiger partial charge in [0.2, 0.25) is 0 Å². The van der Waals surface area contributed by atoms with Crippen LogP contribution in [-0.4, -0.2) is 6.29 Å². The van der Waals surface area contributed by atoms with E-state index in [1.807, 2.05) is 42.5 Å². The van der Waals surface area contributed by atoms with Gasteiger partial charge in [-0.3, -0.25) is 0 Å². The Hall–Kier alpha value is -1.22. The van der Waals surface area contributed by atoms with Crippen LogP contribution in [0.5, 0.6) is 5.75 Å². The molecule has 2 nitrogen and oxygen atoms in total. The van der Waals surface area contributed by atoms with Crippen molar-refractivity contribution in [3.63, 3.8) is 0 Å². The van der Waals surface area contributed by atoms with E-state index in [4.69, 9.17) is 9.47 Å². The smallest absolute Gasteiger partial charge is 0.260 e. The first-order chi connectivity index (χ1) is 7.38. The van der Waals surface area contributed by atoms with Gasteiger partial charge in [-0.1, -0.05) is 34.1 Å². The molecule has 3 heteroatoms. The molecule has 15 heavy (non-hydrogen) atoms. The van der Waals surface area contributed by atoms with Gasteiger partial charge in [-0.25, -0.2) is 0 Å². The van der Waals surface area contributed by atoms with Gasteiger partial charge in [0, 0.05) is 5.33 Å². The summed E-state index contributed by atoms with van der Waals surface area (Å²) < 4.78 is 10.8. The maximum absolute atomic E-state index is 5.58. The first-order valence-corrected chi connectivity index (χ1v) is 5.81. The molecule has 2 rings (SSSR count). The Morgan fingerprint density at radius 3 is 2.60 bits per heavy atom. The molecule has 0 fully saturated rings. The van der Waals surface area contributed by atoms with Crippen LogP contribution in [0.25, 0.3) is 0 Å². The van der Waals surface area contributed by atoms with Gasteiger partial charge in [0.1, 0.15) is 5.75 Å². The predicted octanol–water partition coefficient (Wildman–Crippen LogP) is 3.39. The van der Waals surface area contributed by atoms with Crippen LogP contribution in [0.3, 0.4) is 0 Å². The van der Waals surface area contributed by atoms with Crippen LogP contribution >= 0.6 is 15.9 Å². The van der Waals surface area contributed by atoms with E-state index in [-0.39, 0.29) is 6.29 Å². The van der Waals surface area contributed by atoms with E-state index in [2.05, 4.69) is 15.9 Å². The third-order valence-corrected chi connectivity index (χ3v) is 2.65. The van der Waals surface area contributed by atoms with E-state index >= 15 is 0 Å². The molecule has 1 aromatic carbocycles. The largest absolute Gasteiger partial charge is 0.459 e. The van der Waals surface area contributed by atoms with Crippen molar-refractivity contribution in [2.75, 3.05) is 0 Å². The highest BCUT2D eigenvalue weighted by atomic mass is 79.9. The van der Waals surface area contributed by atoms with E-state index in [1.54, 1.807) is 6.26 Å². The highest BCUT2D eigenvalue weighted by Gasteiger charge is 2.06. The van der Waals surface area contributed by atoms with Gasteiger partial charge in [-0.05, 0) is 29.8 Å². The molecule has 1 atom stereocenters. The Kier molecular flexibility index (Phi) is 3.45. The molecular formula is C12H11BrO2. The SMILES string of the molecule is BrCc1ccc(OC2C=CC=CO2)cc1. The molecule has 0 N–H and O–H groups in total. The number of hydrogen-bond acceptors (Lipinski definition) is 2. The number of ether oxygens (including phenoxy) is 2. The summed E-state index contributed by atoms with van der Waals surface area (Å²) >= 11 is 3.39. The van der Waals surface area contributed by atoms with E-state index < -0.39 is 0 Å². The molecule has 0 radical (unpaired) electrons. The van der Waals surface area contributed by atoms with Crippen molar-refractivity contribution >= 4 is 15.9 Å². The number of allylic oxidation sites excluding steroid dienone is 2. The van der Waals surface area contributed by atoms with Crippen LogP contribution in [-0.2, 0) is 10.1 Å². The van der Waals surface area contributed by atoms with E-state index in [0.717, 1.165) is 11.1 Å². The fourth-order valence-electron chi connectivity index (χ4n) is 1.23. The average molecular weight is 267 g/mol. The zero-order chi connectivity index (χ0) is 10.5. The maximum Gasteiger partial charge on any atom is 0.260 e. The molecule has 1 aliphatic heterocycles. The number of alkyl halides is 1. The topological polar surface area (TPSA) is 18.5 Å². The van der Waals surface area contributed by atoms with Crippen LogP contribution in [0.2, 0.25) is 0 Å². The van der Waals surface area contributed by atoms with Crippen molar-refractivity contribution in [1.82, 2.24) is 0 Å². The number of halogens is 1. The third kappa shape index (κ3) is 2.86. The van der Waals surface area contributed by atoms with Gasteiger partial charge < -0.3 is 9.47 Å². The van der Waals surface area contributed by atoms with Gasteiger partial charge in [0.15, 0.2) is 0 Å². The molecule has 1 aromatic rings. The highest BCUT2D eigenvalue weighted by molar-refractivity contribution is 9.08. The lowest BCUT2D eigenvalue weighted by Gasteiger charge is -2.16. The molecule has 0 spiro atoms. The first kappa shape index (κ1) is 10.3. The molecule has 0 aromatic heterocycles. The zero-order valence-electron chi connectivity index (χ0n) is 8.10. The second-order valence-electron chi connectivity index (χ2n) is 3.11. The van der Waals surface area contributed by atoms with Crippen molar-refractivity contribution in [3.05, 3.63) is 54.3 Å². The number of benzene rings is 1. The minimum Gasteiger partial charge on any atom is -0.459 e. The van der Waals surface area contributed by atoms with Crippen LogP contribution in [0.4, 0.5) is 0 Å². The standard InChI is InChI=1S/C12H11BrO2/c13-9-10-4-6-11(7-5-10)15-12-3-1-2-8-14-12/h1-8,12H,9H2. The van der Waals surface area contributed by atoms with Gasteiger partial charge >= 0.3 is 0 Å². The lowest BCUT2D eigenvalue weighted by Crippen LogP contribution is -2.16. The monoisotopic (exact) mass is 266 g/mol. The van der Waals surface area contributed by atoms with Crippen molar-refractivity contribution in [3.8, 4) is 5.75 Å². The summed E-state index contributed by atoms with van der Waals surface area (Å²) in [5, 5.41) is 0.857. The first-order valence-electron chi connectivity index (χ1n) is 4.69. The Balaban J connectivity index is 1.98. The quantitative estimate of drug-likeness (QED) is 0.781. The van der Waals surface area contributed by atoms with E-state index in [9.17, 15) is 0 Å². The lowest BCUT2D eigenvalue weighted by molar-refractivity contribution is 0.00786. The van der Waals surface area contributed by atoms with Gasteiger partial charge in [-0.2, -0.15) is 0 Å². The van der Waals surface area contributed by atoms with Crippen molar-refractivity contribution < 1.29 is 9.47 Å². The fraction of sp³-hybridized carbons (Fsp3) is 0.167. The molecule has 78 valence electrons. The summed E-state index contributed by atoms with van der Waals surface area (Å²) in [7, 11) is 0. The molecule has 1 aliphatic rings. The minimum absolute atomic E-state index is 0.315. The zero-order valence-corrected chi connectivity index (χ0v) is 9.68. The number of hydrogen-bond donors (Lipinski definition) is 0. The Morgan fingerprint density at radius 2 is 2.00 bits per heavy atom. The van der Waals surface area contributed by atoms with Crippen molar-refractivity contribution in [2.24, 2.45) is 0 Å². The Labute approximate surface area is 97.3 Å². The normalized spacial score (nSPS) is 18.6. The highest BCUT2D eigenvalue weighted by Crippen LogP contribution is 2.17. The number of rotatable bonds is 3. The fourth-order valence-corrected chi connectivity index (χ4v) is 1.60. The second-order valence-corrected chi connectivity index (χ2v) is 3.67. The summed E-state index contributed by atoms with van der Waals surface area (Å²) in [5.41, 5.74) is 1.22.